The van der Waals surface area contributed by atoms with Gasteiger partial charge in [-0.2, -0.15) is 13.2 Å². The number of aromatic nitrogens is 1. The Labute approximate surface area is 98.2 Å². The molecule has 0 saturated carbocycles. The van der Waals surface area contributed by atoms with Gasteiger partial charge in [0.05, 0.1) is 7.11 Å². The molecule has 0 spiro atoms. The molecule has 1 amide bonds. The average Bonchev–Trinajstić information content (AvgIpc) is 2.63. The Bertz CT molecular complexity index is 420. The number of alkyl carbamates (subject to hydrolysis) is 1. The number of hydrogen-bond acceptors (Lipinski definition) is 5. The van der Waals surface area contributed by atoms with Gasteiger partial charge in [-0.15, -0.1) is 11.3 Å². The molecule has 17 heavy (non-hydrogen) atoms. The third-order valence-electron chi connectivity index (χ3n) is 1.81. The molecule has 1 rings (SSSR count). The lowest BCUT2D eigenvalue weighted by molar-refractivity contribution is -0.276. The molecule has 0 bridgehead atoms. The first-order chi connectivity index (χ1) is 7.70. The fraction of sp³-hybridized carbons (Fsp3) is 0.500. The number of ether oxygens (including phenoxy) is 1. The molecule has 0 aliphatic carbocycles. The molecule has 1 atom stereocenters. The van der Waals surface area contributed by atoms with Gasteiger partial charge in [0.25, 0.3) is 5.72 Å². The zero-order valence-corrected chi connectivity index (χ0v) is 9.65. The molecule has 2 N–H and O–H groups in total. The largest absolute Gasteiger partial charge is 0.453 e. The lowest BCUT2D eigenvalue weighted by Gasteiger charge is -2.28. The lowest BCUT2D eigenvalue weighted by atomic mass is 10.2. The minimum absolute atomic E-state index is 0.305. The third-order valence-corrected chi connectivity index (χ3v) is 2.88. The molecule has 9 heteroatoms. The van der Waals surface area contributed by atoms with Crippen molar-refractivity contribution in [2.75, 3.05) is 7.11 Å². The van der Waals surface area contributed by atoms with E-state index >= 15 is 0 Å². The van der Waals surface area contributed by atoms with Crippen LogP contribution < -0.4 is 5.32 Å². The van der Waals surface area contributed by atoms with E-state index in [-0.39, 0.29) is 0 Å². The maximum absolute atomic E-state index is 12.7. The summed E-state index contributed by atoms with van der Waals surface area (Å²) in [4.78, 5) is 14.4. The van der Waals surface area contributed by atoms with Crippen molar-refractivity contribution < 1.29 is 27.8 Å². The Balaban J connectivity index is 3.15. The van der Waals surface area contributed by atoms with Crippen LogP contribution in [0.1, 0.15) is 10.7 Å². The molecule has 1 aromatic rings. The maximum atomic E-state index is 12.7. The van der Waals surface area contributed by atoms with Crippen LogP contribution in [0, 0.1) is 6.92 Å². The van der Waals surface area contributed by atoms with Crippen molar-refractivity contribution >= 4 is 17.4 Å². The predicted molar refractivity (Wildman–Crippen MR) is 52.3 cm³/mol. The van der Waals surface area contributed by atoms with E-state index in [0.717, 1.165) is 7.11 Å². The average molecular weight is 270 g/mol. The van der Waals surface area contributed by atoms with Crippen molar-refractivity contribution in [1.29, 1.82) is 0 Å². The Hall–Kier alpha value is -1.35. The van der Waals surface area contributed by atoms with Crippen LogP contribution in [0.2, 0.25) is 0 Å². The molecule has 0 aliphatic heterocycles. The van der Waals surface area contributed by atoms with Gasteiger partial charge in [0.15, 0.2) is 5.01 Å². The summed E-state index contributed by atoms with van der Waals surface area (Å²) in [5.41, 5.74) is -3.24. The molecule has 0 radical (unpaired) electrons. The summed E-state index contributed by atoms with van der Waals surface area (Å²) in [5, 5.41) is 11.5. The van der Waals surface area contributed by atoms with Gasteiger partial charge < -0.3 is 9.84 Å². The van der Waals surface area contributed by atoms with Crippen molar-refractivity contribution in [2.24, 2.45) is 0 Å². The number of methoxy groups -OCH3 is 1. The molecule has 0 aromatic carbocycles. The van der Waals surface area contributed by atoms with Gasteiger partial charge >= 0.3 is 12.3 Å². The Morgan fingerprint density at radius 1 is 1.59 bits per heavy atom. The zero-order chi connectivity index (χ0) is 13.3. The van der Waals surface area contributed by atoms with Crippen LogP contribution in [-0.2, 0) is 10.5 Å². The highest BCUT2D eigenvalue weighted by atomic mass is 32.1. The normalized spacial score (nSPS) is 15.2. The van der Waals surface area contributed by atoms with Gasteiger partial charge in [-0.1, -0.05) is 0 Å². The highest BCUT2D eigenvalue weighted by Crippen LogP contribution is 2.38. The van der Waals surface area contributed by atoms with Crippen LogP contribution in [0.3, 0.4) is 0 Å². The SMILES string of the molecule is COC(=O)N[C@@](O)(c1nc(C)cs1)C(F)(F)F. The van der Waals surface area contributed by atoms with E-state index in [1.165, 1.54) is 17.6 Å². The van der Waals surface area contributed by atoms with E-state index in [0.29, 0.717) is 17.0 Å². The monoisotopic (exact) mass is 270 g/mol. The van der Waals surface area contributed by atoms with E-state index in [4.69, 9.17) is 0 Å². The third kappa shape index (κ3) is 2.67. The molecular formula is C8H9F3N2O3S. The van der Waals surface area contributed by atoms with Gasteiger partial charge in [0, 0.05) is 11.1 Å². The standard InChI is InChI=1S/C8H9F3N2O3S/c1-4-3-17-5(12-4)7(15,8(9,10)11)13-6(14)16-2/h3,15H,1-2H3,(H,13,14)/t7-/m1/s1. The van der Waals surface area contributed by atoms with E-state index < -0.39 is 23.0 Å². The summed E-state index contributed by atoms with van der Waals surface area (Å²) < 4.78 is 42.3. The Morgan fingerprint density at radius 3 is 2.53 bits per heavy atom. The fourth-order valence-electron chi connectivity index (χ4n) is 0.964. The minimum atomic E-state index is -5.11. The first kappa shape index (κ1) is 13.7. The number of carbonyl (C=O) groups excluding carboxylic acids is 1. The maximum Gasteiger partial charge on any atom is 0.443 e. The molecular weight excluding hydrogens is 261 g/mol. The minimum Gasteiger partial charge on any atom is -0.453 e. The highest BCUT2D eigenvalue weighted by Gasteiger charge is 2.59. The molecule has 0 unspecified atom stereocenters. The summed E-state index contributed by atoms with van der Waals surface area (Å²) >= 11 is 0.584. The second kappa shape index (κ2) is 4.49. The number of nitrogens with one attached hydrogen (secondary N) is 1. The smallest absolute Gasteiger partial charge is 0.443 e. The van der Waals surface area contributed by atoms with Gasteiger partial charge in [-0.05, 0) is 6.92 Å². The molecule has 1 heterocycles. The Kier molecular flexibility index (Phi) is 3.62. The first-order valence-corrected chi connectivity index (χ1v) is 5.16. The zero-order valence-electron chi connectivity index (χ0n) is 8.83. The van der Waals surface area contributed by atoms with Gasteiger partial charge in [-0.3, -0.25) is 5.32 Å². The number of nitrogens with zero attached hydrogens (tertiary/aromatic N) is 1. The fourth-order valence-corrected chi connectivity index (χ4v) is 1.83. The lowest BCUT2D eigenvalue weighted by Crippen LogP contribution is -2.56. The number of amides is 1. The number of halogens is 3. The Morgan fingerprint density at radius 2 is 2.18 bits per heavy atom. The van der Waals surface area contributed by atoms with E-state index in [1.54, 1.807) is 0 Å². The van der Waals surface area contributed by atoms with Crippen LogP contribution in [0.4, 0.5) is 18.0 Å². The number of aryl methyl sites for hydroxylation is 1. The van der Waals surface area contributed by atoms with E-state index in [9.17, 15) is 23.1 Å². The van der Waals surface area contributed by atoms with Gasteiger partial charge in [0.1, 0.15) is 0 Å². The van der Waals surface area contributed by atoms with Crippen LogP contribution >= 0.6 is 11.3 Å². The number of carbonyl (C=O) groups is 1. The molecule has 0 saturated heterocycles. The van der Waals surface area contributed by atoms with Crippen LogP contribution in [0.25, 0.3) is 0 Å². The van der Waals surface area contributed by atoms with Crippen LogP contribution in [0.15, 0.2) is 5.38 Å². The van der Waals surface area contributed by atoms with Crippen molar-refractivity contribution in [3.05, 3.63) is 16.1 Å². The number of thiazole rings is 1. The summed E-state index contributed by atoms with van der Waals surface area (Å²) in [6, 6.07) is 0. The molecule has 0 fully saturated rings. The number of rotatable bonds is 2. The molecule has 5 nitrogen and oxygen atoms in total. The van der Waals surface area contributed by atoms with Gasteiger partial charge in [0.2, 0.25) is 0 Å². The van der Waals surface area contributed by atoms with Crippen molar-refractivity contribution in [1.82, 2.24) is 10.3 Å². The van der Waals surface area contributed by atoms with Crippen molar-refractivity contribution in [3.63, 3.8) is 0 Å². The molecule has 1 aromatic heterocycles. The van der Waals surface area contributed by atoms with Crippen molar-refractivity contribution in [3.8, 4) is 0 Å². The number of alkyl halides is 3. The topological polar surface area (TPSA) is 71.5 Å². The molecule has 96 valence electrons. The van der Waals surface area contributed by atoms with Crippen molar-refractivity contribution in [2.45, 2.75) is 18.8 Å². The highest BCUT2D eigenvalue weighted by molar-refractivity contribution is 7.09. The van der Waals surface area contributed by atoms with Gasteiger partial charge in [-0.25, -0.2) is 9.78 Å². The second-order valence-corrected chi connectivity index (χ2v) is 3.98. The summed E-state index contributed by atoms with van der Waals surface area (Å²) in [6.07, 6.45) is -6.51. The summed E-state index contributed by atoms with van der Waals surface area (Å²) in [5.74, 6) is 0. The number of hydrogen-bond donors (Lipinski definition) is 2. The van der Waals surface area contributed by atoms with Crippen LogP contribution in [0.5, 0.6) is 0 Å². The van der Waals surface area contributed by atoms with E-state index in [1.807, 2.05) is 0 Å². The summed E-state index contributed by atoms with van der Waals surface area (Å²) in [6.45, 7) is 1.47. The van der Waals surface area contributed by atoms with E-state index in [2.05, 4.69) is 9.72 Å². The quantitative estimate of drug-likeness (QED) is 0.799. The molecule has 0 aliphatic rings. The van der Waals surface area contributed by atoms with Crippen LogP contribution in [-0.4, -0.2) is 29.5 Å². The first-order valence-electron chi connectivity index (χ1n) is 4.28. The second-order valence-electron chi connectivity index (χ2n) is 3.12. The number of aliphatic hydroxyl groups is 1. The summed E-state index contributed by atoms with van der Waals surface area (Å²) in [7, 11) is 0.888. The predicted octanol–water partition coefficient (Wildman–Crippen LogP) is 1.51.